The van der Waals surface area contributed by atoms with Crippen LogP contribution in [-0.2, 0) is 0 Å². The Morgan fingerprint density at radius 2 is 2.06 bits per heavy atom. The third kappa shape index (κ3) is 4.07. The van der Waals surface area contributed by atoms with Crippen LogP contribution in [0.2, 0.25) is 0 Å². The fourth-order valence-electron chi connectivity index (χ4n) is 4.09. The van der Waals surface area contributed by atoms with E-state index >= 15 is 0 Å². The Morgan fingerprint density at radius 3 is 2.82 bits per heavy atom. The first-order valence-electron chi connectivity index (χ1n) is 10.6. The number of rotatable bonds is 6. The molecule has 11 nitrogen and oxygen atoms in total. The van der Waals surface area contributed by atoms with Crippen molar-refractivity contribution in [3.8, 4) is 5.82 Å². The highest BCUT2D eigenvalue weighted by Crippen LogP contribution is 2.30. The van der Waals surface area contributed by atoms with Crippen LogP contribution in [0.1, 0.15) is 36.0 Å². The van der Waals surface area contributed by atoms with Gasteiger partial charge in [0.15, 0.2) is 17.5 Å². The second-order valence-electron chi connectivity index (χ2n) is 8.01. The zero-order valence-electron chi connectivity index (χ0n) is 17.6. The van der Waals surface area contributed by atoms with Gasteiger partial charge in [-0.05, 0) is 25.0 Å². The summed E-state index contributed by atoms with van der Waals surface area (Å²) in [5.74, 6) is -0.855. The SMILES string of the molecule is NC(=O)c1cc(F)c(NC2CCCCC2N)nc1Nc1cc(-n2cncn2)nc2[nH]ccc12. The maximum absolute atomic E-state index is 14.8. The monoisotopic (exact) mass is 450 g/mol. The number of amides is 1. The van der Waals surface area contributed by atoms with Crippen LogP contribution >= 0.6 is 0 Å². The van der Waals surface area contributed by atoms with Gasteiger partial charge in [0.2, 0.25) is 0 Å². The molecule has 33 heavy (non-hydrogen) atoms. The van der Waals surface area contributed by atoms with Crippen molar-refractivity contribution in [3.63, 3.8) is 0 Å². The molecule has 0 spiro atoms. The molecule has 1 amide bonds. The van der Waals surface area contributed by atoms with Crippen LogP contribution in [0.25, 0.3) is 16.9 Å². The lowest BCUT2D eigenvalue weighted by Crippen LogP contribution is -2.43. The molecule has 0 radical (unpaired) electrons. The third-order valence-electron chi connectivity index (χ3n) is 5.80. The van der Waals surface area contributed by atoms with Gasteiger partial charge in [0.05, 0.1) is 11.3 Å². The number of hydrogen-bond donors (Lipinski definition) is 5. The Morgan fingerprint density at radius 1 is 1.21 bits per heavy atom. The number of aromatic amines is 1. The second-order valence-corrected chi connectivity index (χ2v) is 8.01. The van der Waals surface area contributed by atoms with Crippen LogP contribution < -0.4 is 22.1 Å². The van der Waals surface area contributed by atoms with Crippen LogP contribution in [0.4, 0.5) is 21.7 Å². The summed E-state index contributed by atoms with van der Waals surface area (Å²) in [6.45, 7) is 0. The highest BCUT2D eigenvalue weighted by atomic mass is 19.1. The molecule has 5 rings (SSSR count). The minimum absolute atomic E-state index is 0.0146. The Hall–Kier alpha value is -4.06. The van der Waals surface area contributed by atoms with E-state index in [0.717, 1.165) is 37.1 Å². The molecule has 4 heterocycles. The number of primary amides is 1. The van der Waals surface area contributed by atoms with Gasteiger partial charge in [-0.1, -0.05) is 12.8 Å². The number of nitrogens with one attached hydrogen (secondary N) is 3. The lowest BCUT2D eigenvalue weighted by molar-refractivity contribution is 0.100. The molecule has 2 atom stereocenters. The van der Waals surface area contributed by atoms with Gasteiger partial charge in [0.25, 0.3) is 5.91 Å². The van der Waals surface area contributed by atoms with E-state index in [9.17, 15) is 9.18 Å². The van der Waals surface area contributed by atoms with Crippen molar-refractivity contribution in [1.82, 2.24) is 29.7 Å². The molecule has 0 saturated heterocycles. The molecule has 0 aromatic carbocycles. The molecular weight excluding hydrogens is 427 g/mol. The van der Waals surface area contributed by atoms with Gasteiger partial charge in [-0.15, -0.1) is 0 Å². The van der Waals surface area contributed by atoms with Crippen molar-refractivity contribution in [1.29, 1.82) is 0 Å². The molecule has 4 aromatic rings. The summed E-state index contributed by atoms with van der Waals surface area (Å²) in [4.78, 5) is 28.0. The summed E-state index contributed by atoms with van der Waals surface area (Å²) >= 11 is 0. The predicted octanol–water partition coefficient (Wildman–Crippen LogP) is 2.20. The summed E-state index contributed by atoms with van der Waals surface area (Å²) in [6.07, 6.45) is 8.38. The zero-order valence-corrected chi connectivity index (χ0v) is 17.6. The number of pyridine rings is 2. The van der Waals surface area contributed by atoms with Crippen LogP contribution in [0.3, 0.4) is 0 Å². The van der Waals surface area contributed by atoms with Crippen molar-refractivity contribution in [2.45, 2.75) is 37.8 Å². The van der Waals surface area contributed by atoms with Crippen LogP contribution in [0, 0.1) is 5.82 Å². The molecule has 170 valence electrons. The quantitative estimate of drug-likeness (QED) is 0.298. The van der Waals surface area contributed by atoms with Crippen molar-refractivity contribution < 1.29 is 9.18 Å². The number of anilines is 3. The van der Waals surface area contributed by atoms with E-state index in [4.69, 9.17) is 11.5 Å². The topological polar surface area (TPSA) is 165 Å². The summed E-state index contributed by atoms with van der Waals surface area (Å²) in [5.41, 5.74) is 12.8. The minimum Gasteiger partial charge on any atom is -0.365 e. The number of fused-ring (bicyclic) bond motifs is 1. The van der Waals surface area contributed by atoms with E-state index in [2.05, 4.69) is 35.7 Å². The second kappa shape index (κ2) is 8.47. The van der Waals surface area contributed by atoms with E-state index in [1.807, 2.05) is 6.07 Å². The van der Waals surface area contributed by atoms with Crippen LogP contribution in [0.15, 0.2) is 37.1 Å². The molecule has 1 aliphatic rings. The highest BCUT2D eigenvalue weighted by molar-refractivity contribution is 6.00. The Labute approximate surface area is 187 Å². The molecule has 0 aliphatic heterocycles. The van der Waals surface area contributed by atoms with Gasteiger partial charge in [0.1, 0.15) is 24.1 Å². The molecule has 1 saturated carbocycles. The van der Waals surface area contributed by atoms with E-state index < -0.39 is 11.7 Å². The third-order valence-corrected chi connectivity index (χ3v) is 5.80. The van der Waals surface area contributed by atoms with E-state index in [1.54, 1.807) is 12.3 Å². The first kappa shape index (κ1) is 20.8. The lowest BCUT2D eigenvalue weighted by Gasteiger charge is -2.30. The molecule has 1 aliphatic carbocycles. The Kier molecular flexibility index (Phi) is 5.34. The first-order valence-corrected chi connectivity index (χ1v) is 10.6. The van der Waals surface area contributed by atoms with Crippen LogP contribution in [-0.4, -0.2) is 47.7 Å². The Bertz CT molecular complexity index is 1300. The van der Waals surface area contributed by atoms with Gasteiger partial charge in [0, 0.05) is 29.7 Å². The number of carbonyl (C=O) groups is 1. The van der Waals surface area contributed by atoms with E-state index in [0.29, 0.717) is 17.2 Å². The maximum Gasteiger partial charge on any atom is 0.252 e. The fraction of sp³-hybridized carbons (Fsp3) is 0.286. The average Bonchev–Trinajstić information content (AvgIpc) is 3.49. The average molecular weight is 450 g/mol. The molecule has 1 fully saturated rings. The molecule has 2 unspecified atom stereocenters. The van der Waals surface area contributed by atoms with Gasteiger partial charge < -0.3 is 27.1 Å². The summed E-state index contributed by atoms with van der Waals surface area (Å²) in [5, 5.41) is 11.1. The molecule has 0 bridgehead atoms. The van der Waals surface area contributed by atoms with Crippen molar-refractivity contribution in [3.05, 3.63) is 48.4 Å². The molecule has 4 aromatic heterocycles. The fourth-order valence-corrected chi connectivity index (χ4v) is 4.09. The van der Waals surface area contributed by atoms with E-state index in [1.165, 1.54) is 17.3 Å². The number of H-pyrrole nitrogens is 1. The lowest BCUT2D eigenvalue weighted by atomic mass is 9.91. The van der Waals surface area contributed by atoms with Gasteiger partial charge >= 0.3 is 0 Å². The molecule has 12 heteroatoms. The number of nitrogens with two attached hydrogens (primary N) is 2. The van der Waals surface area contributed by atoms with Crippen molar-refractivity contribution >= 4 is 34.3 Å². The normalized spacial score (nSPS) is 18.4. The zero-order chi connectivity index (χ0) is 22.9. The summed E-state index contributed by atoms with van der Waals surface area (Å²) in [7, 11) is 0. The summed E-state index contributed by atoms with van der Waals surface area (Å²) < 4.78 is 16.3. The largest absolute Gasteiger partial charge is 0.365 e. The number of nitrogens with zero attached hydrogens (tertiary/aromatic N) is 5. The Balaban J connectivity index is 1.55. The highest BCUT2D eigenvalue weighted by Gasteiger charge is 2.25. The number of halogens is 1. The predicted molar refractivity (Wildman–Crippen MR) is 121 cm³/mol. The van der Waals surface area contributed by atoms with Gasteiger partial charge in [-0.3, -0.25) is 4.79 Å². The van der Waals surface area contributed by atoms with Crippen LogP contribution in [0.5, 0.6) is 0 Å². The van der Waals surface area contributed by atoms with E-state index in [-0.39, 0.29) is 29.3 Å². The van der Waals surface area contributed by atoms with Gasteiger partial charge in [-0.25, -0.2) is 24.0 Å². The number of aromatic nitrogens is 6. The van der Waals surface area contributed by atoms with Crippen molar-refractivity contribution in [2.24, 2.45) is 11.5 Å². The smallest absolute Gasteiger partial charge is 0.252 e. The molecular formula is C21H23FN10O. The minimum atomic E-state index is -0.805. The number of hydrogen-bond acceptors (Lipinski definition) is 8. The molecule has 7 N–H and O–H groups in total. The maximum atomic E-state index is 14.8. The number of carbonyl (C=O) groups excluding carboxylic acids is 1. The van der Waals surface area contributed by atoms with Crippen molar-refractivity contribution in [2.75, 3.05) is 10.6 Å². The summed E-state index contributed by atoms with van der Waals surface area (Å²) in [6, 6.07) is 4.43. The first-order chi connectivity index (χ1) is 16.0. The van der Waals surface area contributed by atoms with Gasteiger partial charge in [-0.2, -0.15) is 5.10 Å². The standard InChI is InChI=1S/C21H23FN10O/c22-13-7-12(18(24)33)20(31-21(13)28-15-4-2-1-3-14(15)23)29-16-8-17(32-10-25-9-27-32)30-19-11(16)5-6-26-19/h5-10,14-15H,1-4,23H2,(H2,24,33)(H3,26,28,29,30,31).